The summed E-state index contributed by atoms with van der Waals surface area (Å²) in [4.78, 5) is 0. The predicted octanol–water partition coefficient (Wildman–Crippen LogP) is 3.47. The van der Waals surface area contributed by atoms with Gasteiger partial charge >= 0.3 is 0 Å². The van der Waals surface area contributed by atoms with Crippen molar-refractivity contribution in [1.82, 2.24) is 0 Å². The van der Waals surface area contributed by atoms with Crippen LogP contribution in [0.4, 0.5) is 0 Å². The molecule has 0 amide bonds. The third kappa shape index (κ3) is 3.08. The standard InChI is InChI=1S/C15H16O2/c1-16-11-12-17-10-9-14-7-4-6-13-5-2-3-8-15(13)14/h2-10H,11-12H2,1H3. The van der Waals surface area contributed by atoms with E-state index in [0.717, 1.165) is 0 Å². The van der Waals surface area contributed by atoms with Gasteiger partial charge in [0.05, 0.1) is 12.9 Å². The first kappa shape index (κ1) is 11.7. The molecule has 0 N–H and O–H groups in total. The zero-order valence-electron chi connectivity index (χ0n) is 9.93. The van der Waals surface area contributed by atoms with E-state index in [4.69, 9.17) is 9.47 Å². The second-order valence-corrected chi connectivity index (χ2v) is 3.73. The summed E-state index contributed by atoms with van der Waals surface area (Å²) in [6.07, 6.45) is 3.71. The Hall–Kier alpha value is -1.80. The van der Waals surface area contributed by atoms with Gasteiger partial charge in [0.1, 0.15) is 6.61 Å². The minimum Gasteiger partial charge on any atom is -0.499 e. The minimum absolute atomic E-state index is 0.581. The Balaban J connectivity index is 2.13. The van der Waals surface area contributed by atoms with E-state index in [-0.39, 0.29) is 0 Å². The van der Waals surface area contributed by atoms with Crippen LogP contribution in [0.15, 0.2) is 48.7 Å². The number of methoxy groups -OCH3 is 1. The third-order valence-corrected chi connectivity index (χ3v) is 2.57. The van der Waals surface area contributed by atoms with Crippen LogP contribution in [-0.4, -0.2) is 20.3 Å². The van der Waals surface area contributed by atoms with Gasteiger partial charge in [0.2, 0.25) is 0 Å². The molecule has 0 aliphatic heterocycles. The molecule has 2 nitrogen and oxygen atoms in total. The maximum Gasteiger partial charge on any atom is 0.111 e. The van der Waals surface area contributed by atoms with Gasteiger partial charge in [-0.1, -0.05) is 42.5 Å². The number of ether oxygens (including phenoxy) is 2. The van der Waals surface area contributed by atoms with E-state index in [0.29, 0.717) is 13.2 Å². The van der Waals surface area contributed by atoms with Crippen LogP contribution in [0.25, 0.3) is 16.8 Å². The van der Waals surface area contributed by atoms with Crippen LogP contribution in [0.3, 0.4) is 0 Å². The summed E-state index contributed by atoms with van der Waals surface area (Å²) in [6, 6.07) is 14.6. The summed E-state index contributed by atoms with van der Waals surface area (Å²) in [5, 5.41) is 2.48. The minimum atomic E-state index is 0.581. The van der Waals surface area contributed by atoms with Crippen molar-refractivity contribution >= 4 is 16.8 Å². The Kier molecular flexibility index (Phi) is 4.17. The highest BCUT2D eigenvalue weighted by Crippen LogP contribution is 2.19. The molecule has 0 aromatic heterocycles. The first-order valence-electron chi connectivity index (χ1n) is 5.66. The summed E-state index contributed by atoms with van der Waals surface area (Å²) in [5.41, 5.74) is 1.17. The van der Waals surface area contributed by atoms with E-state index in [9.17, 15) is 0 Å². The Labute approximate surface area is 101 Å². The van der Waals surface area contributed by atoms with Gasteiger partial charge in [0.15, 0.2) is 0 Å². The summed E-state index contributed by atoms with van der Waals surface area (Å²) in [6.45, 7) is 1.19. The molecule has 0 saturated heterocycles. The molecular formula is C15H16O2. The maximum absolute atomic E-state index is 5.32. The van der Waals surface area contributed by atoms with Crippen LogP contribution in [0, 0.1) is 0 Å². The maximum atomic E-state index is 5.32. The van der Waals surface area contributed by atoms with Gasteiger partial charge in [-0.3, -0.25) is 0 Å². The Morgan fingerprint density at radius 3 is 2.71 bits per heavy atom. The van der Waals surface area contributed by atoms with E-state index in [1.54, 1.807) is 13.4 Å². The average molecular weight is 228 g/mol. The molecule has 0 unspecified atom stereocenters. The summed E-state index contributed by atoms with van der Waals surface area (Å²) >= 11 is 0. The molecule has 0 atom stereocenters. The summed E-state index contributed by atoms with van der Waals surface area (Å²) in [5.74, 6) is 0. The lowest BCUT2D eigenvalue weighted by Gasteiger charge is -2.02. The van der Waals surface area contributed by atoms with Gasteiger partial charge in [-0.15, -0.1) is 0 Å². The van der Waals surface area contributed by atoms with Crippen molar-refractivity contribution < 1.29 is 9.47 Å². The fourth-order valence-corrected chi connectivity index (χ4v) is 1.72. The molecule has 0 radical (unpaired) electrons. The second-order valence-electron chi connectivity index (χ2n) is 3.73. The Morgan fingerprint density at radius 2 is 1.82 bits per heavy atom. The molecule has 0 fully saturated rings. The fourth-order valence-electron chi connectivity index (χ4n) is 1.72. The highest BCUT2D eigenvalue weighted by atomic mass is 16.5. The fraction of sp³-hybridized carbons (Fsp3) is 0.200. The highest BCUT2D eigenvalue weighted by Gasteiger charge is 1.95. The zero-order valence-corrected chi connectivity index (χ0v) is 9.93. The first-order valence-corrected chi connectivity index (χ1v) is 5.66. The monoisotopic (exact) mass is 228 g/mol. The van der Waals surface area contributed by atoms with Crippen molar-refractivity contribution in [3.8, 4) is 0 Å². The lowest BCUT2D eigenvalue weighted by Crippen LogP contribution is -1.96. The smallest absolute Gasteiger partial charge is 0.111 e. The molecule has 0 aliphatic rings. The molecule has 0 heterocycles. The van der Waals surface area contributed by atoms with Crippen LogP contribution in [-0.2, 0) is 9.47 Å². The van der Waals surface area contributed by atoms with Crippen molar-refractivity contribution in [3.63, 3.8) is 0 Å². The summed E-state index contributed by atoms with van der Waals surface area (Å²) in [7, 11) is 1.66. The molecule has 2 aromatic carbocycles. The van der Waals surface area contributed by atoms with E-state index in [2.05, 4.69) is 30.3 Å². The van der Waals surface area contributed by atoms with Crippen LogP contribution in [0.5, 0.6) is 0 Å². The van der Waals surface area contributed by atoms with Crippen LogP contribution in [0.1, 0.15) is 5.56 Å². The largest absolute Gasteiger partial charge is 0.499 e. The van der Waals surface area contributed by atoms with Gasteiger partial charge in [0.25, 0.3) is 0 Å². The Morgan fingerprint density at radius 1 is 1.00 bits per heavy atom. The van der Waals surface area contributed by atoms with Gasteiger partial charge < -0.3 is 9.47 Å². The lowest BCUT2D eigenvalue weighted by atomic mass is 10.1. The zero-order chi connectivity index (χ0) is 11.9. The van der Waals surface area contributed by atoms with Crippen molar-refractivity contribution in [2.75, 3.05) is 20.3 Å². The number of hydrogen-bond donors (Lipinski definition) is 0. The Bertz CT molecular complexity index is 498. The van der Waals surface area contributed by atoms with E-state index >= 15 is 0 Å². The third-order valence-electron chi connectivity index (χ3n) is 2.57. The summed E-state index contributed by atoms with van der Waals surface area (Å²) < 4.78 is 10.2. The van der Waals surface area contributed by atoms with Gasteiger partial charge in [-0.05, 0) is 22.4 Å². The van der Waals surface area contributed by atoms with Crippen molar-refractivity contribution in [1.29, 1.82) is 0 Å². The normalized spacial score (nSPS) is 11.1. The molecular weight excluding hydrogens is 212 g/mol. The molecule has 2 rings (SSSR count). The van der Waals surface area contributed by atoms with Crippen molar-refractivity contribution in [2.45, 2.75) is 0 Å². The topological polar surface area (TPSA) is 18.5 Å². The molecule has 0 aliphatic carbocycles. The van der Waals surface area contributed by atoms with Crippen LogP contribution < -0.4 is 0 Å². The number of fused-ring (bicyclic) bond motifs is 1. The number of rotatable bonds is 5. The quantitative estimate of drug-likeness (QED) is 0.576. The number of benzene rings is 2. The molecule has 0 spiro atoms. The highest BCUT2D eigenvalue weighted by molar-refractivity contribution is 5.90. The van der Waals surface area contributed by atoms with E-state index in [1.807, 2.05) is 18.2 Å². The number of hydrogen-bond acceptors (Lipinski definition) is 2. The van der Waals surface area contributed by atoms with Crippen molar-refractivity contribution in [2.24, 2.45) is 0 Å². The molecule has 0 bridgehead atoms. The molecule has 88 valence electrons. The predicted molar refractivity (Wildman–Crippen MR) is 70.8 cm³/mol. The first-order chi connectivity index (χ1) is 8.42. The molecule has 0 saturated carbocycles. The van der Waals surface area contributed by atoms with Gasteiger partial charge in [-0.25, -0.2) is 0 Å². The SMILES string of the molecule is COCCOC=Cc1cccc2ccccc12. The van der Waals surface area contributed by atoms with Crippen LogP contribution >= 0.6 is 0 Å². The molecule has 17 heavy (non-hydrogen) atoms. The second kappa shape index (κ2) is 6.06. The van der Waals surface area contributed by atoms with E-state index < -0.39 is 0 Å². The lowest BCUT2D eigenvalue weighted by molar-refractivity contribution is 0.124. The average Bonchev–Trinajstić information content (AvgIpc) is 2.39. The van der Waals surface area contributed by atoms with Gasteiger partial charge in [-0.2, -0.15) is 0 Å². The van der Waals surface area contributed by atoms with Crippen LogP contribution in [0.2, 0.25) is 0 Å². The van der Waals surface area contributed by atoms with Gasteiger partial charge in [0, 0.05) is 7.11 Å². The van der Waals surface area contributed by atoms with E-state index in [1.165, 1.54) is 16.3 Å². The molecule has 2 aromatic rings. The van der Waals surface area contributed by atoms with Crippen molar-refractivity contribution in [3.05, 3.63) is 54.3 Å². The molecule has 2 heteroatoms.